The second kappa shape index (κ2) is 6.10. The molecule has 72 valence electrons. The third-order valence-electron chi connectivity index (χ3n) is 1.82. The zero-order valence-corrected chi connectivity index (χ0v) is 8.61. The fourth-order valence-corrected chi connectivity index (χ4v) is 3.41. The van der Waals surface area contributed by atoms with Crippen LogP contribution in [-0.2, 0) is 0 Å². The minimum Gasteiger partial charge on any atom is -0.395 e. The highest BCUT2D eigenvalue weighted by Gasteiger charge is 2.18. The summed E-state index contributed by atoms with van der Waals surface area (Å²) < 4.78 is 0. The second-order valence-corrected chi connectivity index (χ2v) is 4.83. The Morgan fingerprint density at radius 2 is 1.58 bits per heavy atom. The number of rotatable bonds is 3. The first-order valence-electron chi connectivity index (χ1n) is 3.99. The number of thioether (sulfide) groups is 2. The van der Waals surface area contributed by atoms with Gasteiger partial charge in [0.2, 0.25) is 0 Å². The molecule has 1 rings (SSSR count). The lowest BCUT2D eigenvalue weighted by Gasteiger charge is -2.26. The Labute approximate surface area is 81.5 Å². The van der Waals surface area contributed by atoms with Gasteiger partial charge in [-0.1, -0.05) is 0 Å². The van der Waals surface area contributed by atoms with Gasteiger partial charge >= 0.3 is 0 Å². The fraction of sp³-hybridized carbons (Fsp3) is 1.00. The van der Waals surface area contributed by atoms with Crippen molar-refractivity contribution in [3.05, 3.63) is 0 Å². The van der Waals surface area contributed by atoms with E-state index in [1.54, 1.807) is 0 Å². The molecule has 3 nitrogen and oxygen atoms in total. The van der Waals surface area contributed by atoms with Crippen LogP contribution in [-0.4, -0.2) is 57.6 Å². The Morgan fingerprint density at radius 1 is 1.08 bits per heavy atom. The van der Waals surface area contributed by atoms with Crippen LogP contribution in [0.15, 0.2) is 0 Å². The quantitative estimate of drug-likeness (QED) is 0.687. The number of aliphatic hydroxyl groups is 2. The summed E-state index contributed by atoms with van der Waals surface area (Å²) in [5.74, 6) is 4.20. The van der Waals surface area contributed by atoms with Gasteiger partial charge in [-0.25, -0.2) is 0 Å². The lowest BCUT2D eigenvalue weighted by molar-refractivity contribution is 0.101. The molecule has 0 aromatic rings. The van der Waals surface area contributed by atoms with Crippen LogP contribution in [0.1, 0.15) is 0 Å². The van der Waals surface area contributed by atoms with Crippen molar-refractivity contribution < 1.29 is 10.2 Å². The molecule has 0 radical (unpaired) electrons. The molecular formula is C7H15NO2S2. The molecule has 1 aliphatic rings. The van der Waals surface area contributed by atoms with Crippen molar-refractivity contribution in [2.75, 3.05) is 36.5 Å². The van der Waals surface area contributed by atoms with Gasteiger partial charge in [0.1, 0.15) is 0 Å². The predicted molar refractivity (Wildman–Crippen MR) is 54.4 cm³/mol. The van der Waals surface area contributed by atoms with Gasteiger partial charge in [-0.15, -0.1) is 23.5 Å². The maximum Gasteiger partial charge on any atom is 0.0609 e. The highest BCUT2D eigenvalue weighted by atomic mass is 32.2. The molecule has 0 saturated carbocycles. The number of aliphatic hydroxyl groups excluding tert-OH is 2. The van der Waals surface area contributed by atoms with Crippen molar-refractivity contribution in [3.8, 4) is 0 Å². The molecule has 0 aromatic carbocycles. The van der Waals surface area contributed by atoms with Crippen molar-refractivity contribution in [2.45, 2.75) is 6.04 Å². The Balaban J connectivity index is 2.35. The molecular weight excluding hydrogens is 194 g/mol. The molecule has 0 aliphatic carbocycles. The second-order valence-electron chi connectivity index (χ2n) is 2.68. The van der Waals surface area contributed by atoms with Crippen LogP contribution in [0.2, 0.25) is 0 Å². The van der Waals surface area contributed by atoms with Crippen LogP contribution in [0, 0.1) is 0 Å². The smallest absolute Gasteiger partial charge is 0.0609 e. The van der Waals surface area contributed by atoms with Gasteiger partial charge in [0.05, 0.1) is 19.3 Å². The van der Waals surface area contributed by atoms with Crippen LogP contribution in [0.3, 0.4) is 0 Å². The molecule has 0 unspecified atom stereocenters. The summed E-state index contributed by atoms with van der Waals surface area (Å²) in [6, 6.07) is -0.0666. The van der Waals surface area contributed by atoms with Crippen LogP contribution in [0.4, 0.5) is 0 Å². The molecule has 1 heterocycles. The maximum atomic E-state index is 8.95. The topological polar surface area (TPSA) is 43.7 Å². The van der Waals surface area contributed by atoms with E-state index >= 15 is 0 Å². The normalized spacial score (nSPS) is 21.2. The van der Waals surface area contributed by atoms with Crippen molar-refractivity contribution >= 4 is 23.5 Å². The third kappa shape index (κ3) is 3.14. The van der Waals surface area contributed by atoms with Crippen molar-refractivity contribution in [1.29, 1.82) is 0 Å². The Kier molecular flexibility index (Phi) is 5.42. The largest absolute Gasteiger partial charge is 0.395 e. The molecule has 1 fully saturated rings. The standard InChI is InChI=1S/C7H15NO2S2/c9-3-7(4-10)8-5-11-1-2-12-6-8/h7,9-10H,1-6H2. The van der Waals surface area contributed by atoms with E-state index in [2.05, 4.69) is 4.90 Å². The van der Waals surface area contributed by atoms with E-state index in [0.29, 0.717) is 0 Å². The van der Waals surface area contributed by atoms with Crippen molar-refractivity contribution in [3.63, 3.8) is 0 Å². The third-order valence-corrected chi connectivity index (χ3v) is 4.10. The molecule has 0 amide bonds. The highest BCUT2D eigenvalue weighted by Crippen LogP contribution is 2.18. The number of hydrogen-bond donors (Lipinski definition) is 2. The zero-order chi connectivity index (χ0) is 8.81. The van der Waals surface area contributed by atoms with Crippen LogP contribution in [0.25, 0.3) is 0 Å². The summed E-state index contributed by atoms with van der Waals surface area (Å²) in [6.07, 6.45) is 0. The monoisotopic (exact) mass is 209 g/mol. The molecule has 0 aromatic heterocycles. The molecule has 0 spiro atoms. The molecule has 2 N–H and O–H groups in total. The van der Waals surface area contributed by atoms with Gasteiger partial charge in [0, 0.05) is 23.3 Å². The Hall–Kier alpha value is 0.580. The summed E-state index contributed by atoms with van der Waals surface area (Å²) in [4.78, 5) is 2.13. The molecule has 0 atom stereocenters. The lowest BCUT2D eigenvalue weighted by atomic mass is 10.3. The summed E-state index contributed by atoms with van der Waals surface area (Å²) >= 11 is 3.73. The van der Waals surface area contributed by atoms with Crippen LogP contribution in [0.5, 0.6) is 0 Å². The molecule has 12 heavy (non-hydrogen) atoms. The first-order valence-corrected chi connectivity index (χ1v) is 6.30. The minimum absolute atomic E-state index is 0.0532. The molecule has 1 saturated heterocycles. The van der Waals surface area contributed by atoms with Crippen LogP contribution >= 0.6 is 23.5 Å². The van der Waals surface area contributed by atoms with E-state index in [-0.39, 0.29) is 19.3 Å². The van der Waals surface area contributed by atoms with E-state index in [0.717, 1.165) is 11.8 Å². The molecule has 0 bridgehead atoms. The molecule has 1 aliphatic heterocycles. The van der Waals surface area contributed by atoms with Gasteiger partial charge in [0.25, 0.3) is 0 Å². The van der Waals surface area contributed by atoms with E-state index in [1.165, 1.54) is 11.5 Å². The van der Waals surface area contributed by atoms with Gasteiger partial charge in [-0.2, -0.15) is 0 Å². The van der Waals surface area contributed by atoms with E-state index < -0.39 is 0 Å². The molecule has 5 heteroatoms. The lowest BCUT2D eigenvalue weighted by Crippen LogP contribution is -2.39. The van der Waals surface area contributed by atoms with Gasteiger partial charge < -0.3 is 10.2 Å². The minimum atomic E-state index is -0.0666. The van der Waals surface area contributed by atoms with E-state index in [9.17, 15) is 0 Å². The van der Waals surface area contributed by atoms with E-state index in [4.69, 9.17) is 10.2 Å². The average molecular weight is 209 g/mol. The highest BCUT2D eigenvalue weighted by molar-refractivity contribution is 8.03. The van der Waals surface area contributed by atoms with Gasteiger partial charge in [0.15, 0.2) is 0 Å². The predicted octanol–water partition coefficient (Wildman–Crippen LogP) is 0.0366. The number of nitrogens with zero attached hydrogens (tertiary/aromatic N) is 1. The zero-order valence-electron chi connectivity index (χ0n) is 6.98. The summed E-state index contributed by atoms with van der Waals surface area (Å²) in [5.41, 5.74) is 0. The van der Waals surface area contributed by atoms with Gasteiger partial charge in [-0.3, -0.25) is 4.90 Å². The van der Waals surface area contributed by atoms with Crippen LogP contribution < -0.4 is 0 Å². The van der Waals surface area contributed by atoms with Crippen molar-refractivity contribution in [1.82, 2.24) is 4.90 Å². The Bertz CT molecular complexity index is 114. The van der Waals surface area contributed by atoms with Crippen molar-refractivity contribution in [2.24, 2.45) is 0 Å². The van der Waals surface area contributed by atoms with Gasteiger partial charge in [-0.05, 0) is 0 Å². The Morgan fingerprint density at radius 3 is 2.00 bits per heavy atom. The fourth-order valence-electron chi connectivity index (χ4n) is 1.02. The summed E-state index contributed by atoms with van der Waals surface area (Å²) in [6.45, 7) is 0.106. The first-order chi connectivity index (χ1) is 5.88. The average Bonchev–Trinajstić information content (AvgIpc) is 2.35. The summed E-state index contributed by atoms with van der Waals surface area (Å²) in [5, 5.41) is 17.9. The number of hydrogen-bond acceptors (Lipinski definition) is 5. The van der Waals surface area contributed by atoms with E-state index in [1.807, 2.05) is 23.5 Å². The maximum absolute atomic E-state index is 8.95. The first kappa shape index (κ1) is 10.7. The SMILES string of the molecule is OCC(CO)N1CSCCSC1. The summed E-state index contributed by atoms with van der Waals surface area (Å²) in [7, 11) is 0.